The Hall–Kier alpha value is -3.30. The Labute approximate surface area is 275 Å². The molecule has 1 aromatic heterocycles. The number of esters is 2. The summed E-state index contributed by atoms with van der Waals surface area (Å²) in [5.74, 6) is 5.81. The molecule has 5 nitrogen and oxygen atoms in total. The number of fused-ring (bicyclic) bond motifs is 1. The summed E-state index contributed by atoms with van der Waals surface area (Å²) in [5, 5.41) is 0. The third-order valence-corrected chi connectivity index (χ3v) is 8.98. The Morgan fingerprint density at radius 2 is 1.67 bits per heavy atom. The topological polar surface area (TPSA) is 65.5 Å². The molecule has 6 heteroatoms. The predicted octanol–water partition coefficient (Wildman–Crippen LogP) is 10.1. The van der Waals surface area contributed by atoms with Gasteiger partial charge in [0.05, 0.1) is 12.2 Å². The molecule has 2 aromatic rings. The number of benzene rings is 1. The van der Waals surface area contributed by atoms with E-state index in [1.54, 1.807) is 30.8 Å². The number of rotatable bonds is 17. The van der Waals surface area contributed by atoms with Crippen LogP contribution in [-0.2, 0) is 19.7 Å². The van der Waals surface area contributed by atoms with E-state index in [2.05, 4.69) is 74.0 Å². The Kier molecular flexibility index (Phi) is 16.0. The fourth-order valence-electron chi connectivity index (χ4n) is 5.24. The van der Waals surface area contributed by atoms with Gasteiger partial charge < -0.3 is 9.47 Å². The second-order valence-electron chi connectivity index (χ2n) is 12.2. The number of ether oxygens (including phenoxy) is 2. The minimum atomic E-state index is -0.385. The molecule has 242 valence electrons. The molecule has 1 atom stereocenters. The van der Waals surface area contributed by atoms with Crippen molar-refractivity contribution in [1.82, 2.24) is 4.98 Å². The lowest BCUT2D eigenvalue weighted by Gasteiger charge is -2.36. The molecule has 0 radical (unpaired) electrons. The highest BCUT2D eigenvalue weighted by Gasteiger charge is 2.35. The first-order valence-corrected chi connectivity index (χ1v) is 17.7. The van der Waals surface area contributed by atoms with Gasteiger partial charge in [-0.1, -0.05) is 94.9 Å². The van der Waals surface area contributed by atoms with Gasteiger partial charge in [0.1, 0.15) is 5.69 Å². The summed E-state index contributed by atoms with van der Waals surface area (Å²) in [6, 6.07) is 9.60. The number of nitrogens with zero attached hydrogens (tertiary/aromatic N) is 1. The third-order valence-electron chi connectivity index (χ3n) is 7.85. The molecule has 0 aliphatic carbocycles. The zero-order valence-electron chi connectivity index (χ0n) is 27.7. The minimum Gasteiger partial charge on any atom is -0.462 e. The number of aromatic nitrogens is 1. The normalized spacial score (nSPS) is 15.4. The maximum absolute atomic E-state index is 12.6. The van der Waals surface area contributed by atoms with E-state index in [-0.39, 0.29) is 22.8 Å². The van der Waals surface area contributed by atoms with Gasteiger partial charge in [-0.2, -0.15) is 0 Å². The van der Waals surface area contributed by atoms with Crippen LogP contribution in [0.15, 0.2) is 65.7 Å². The Morgan fingerprint density at radius 3 is 2.38 bits per heavy atom. The van der Waals surface area contributed by atoms with Gasteiger partial charge in [-0.05, 0) is 92.7 Å². The summed E-state index contributed by atoms with van der Waals surface area (Å²) in [5.41, 5.74) is 2.78. The second-order valence-corrected chi connectivity index (χ2v) is 13.4. The molecular weight excluding hydrogens is 578 g/mol. The zero-order chi connectivity index (χ0) is 32.3. The molecule has 1 aliphatic heterocycles. The molecule has 1 unspecified atom stereocenters. The fraction of sp³-hybridized carbons (Fsp3) is 0.513. The van der Waals surface area contributed by atoms with Gasteiger partial charge in [-0.15, -0.1) is 0 Å². The highest BCUT2D eigenvalue weighted by atomic mass is 32.2. The van der Waals surface area contributed by atoms with Gasteiger partial charge in [0, 0.05) is 29.5 Å². The van der Waals surface area contributed by atoms with Crippen LogP contribution in [0.2, 0.25) is 0 Å². The first-order valence-electron chi connectivity index (χ1n) is 16.8. The molecule has 1 aromatic carbocycles. The molecule has 0 saturated heterocycles. The Morgan fingerprint density at radius 1 is 0.933 bits per heavy atom. The van der Waals surface area contributed by atoms with E-state index in [1.165, 1.54) is 50.3 Å². The summed E-state index contributed by atoms with van der Waals surface area (Å²) in [7, 11) is 0. The second kappa shape index (κ2) is 20.0. The van der Waals surface area contributed by atoms with E-state index in [1.807, 2.05) is 6.07 Å². The first-order chi connectivity index (χ1) is 21.8. The van der Waals surface area contributed by atoms with Crippen molar-refractivity contribution < 1.29 is 19.1 Å². The largest absolute Gasteiger partial charge is 0.462 e. The van der Waals surface area contributed by atoms with Gasteiger partial charge in [-0.25, -0.2) is 9.78 Å². The van der Waals surface area contributed by atoms with E-state index < -0.39 is 0 Å². The molecule has 1 aliphatic rings. The van der Waals surface area contributed by atoms with Crippen molar-refractivity contribution in [3.63, 3.8) is 0 Å². The highest BCUT2D eigenvalue weighted by molar-refractivity contribution is 7.99. The number of thioether (sulfide) groups is 1. The van der Waals surface area contributed by atoms with Crippen molar-refractivity contribution >= 4 is 23.7 Å². The first kappa shape index (κ1) is 36.2. The molecule has 0 N–H and O–H groups in total. The van der Waals surface area contributed by atoms with Crippen LogP contribution in [0, 0.1) is 11.8 Å². The highest BCUT2D eigenvalue weighted by Crippen LogP contribution is 2.46. The maximum Gasteiger partial charge on any atom is 0.339 e. The van der Waals surface area contributed by atoms with Crippen LogP contribution >= 0.6 is 11.8 Å². The number of allylic oxidation sites excluding steroid dienone is 4. The lowest BCUT2D eigenvalue weighted by molar-refractivity contribution is -0.145. The van der Waals surface area contributed by atoms with Crippen LogP contribution in [0.4, 0.5) is 0 Å². The van der Waals surface area contributed by atoms with E-state index in [4.69, 9.17) is 9.47 Å². The summed E-state index contributed by atoms with van der Waals surface area (Å²) in [6.07, 6.45) is 24.7. The monoisotopic (exact) mass is 629 g/mol. The van der Waals surface area contributed by atoms with Gasteiger partial charge in [0.2, 0.25) is 0 Å². The standard InChI is InChI=1S/C39H51NO4S/c1-5-7-8-9-10-11-12-13-14-15-16-17-18-19-20-21-36(41)44-37-29-39(3,4)34-28-31(23-27-35(34)45-37)22-25-33-26-24-32(30-40-33)38(42)43-6-2/h10-11,13-14,23-24,26-28,30,37H,5-9,12,15-21,29H2,1-4H3/b11-10-,14-13-. The Balaban J connectivity index is 1.36. The SMILES string of the molecule is CCCCC/C=C\C/C=C\CCCCCCCC(=O)OC1CC(C)(C)c2cc(C#Cc3ccc(C(=O)OCC)cn3)ccc2S1. The van der Waals surface area contributed by atoms with Crippen LogP contribution in [-0.4, -0.2) is 29.0 Å². The number of pyridine rings is 1. The number of hydrogen-bond donors (Lipinski definition) is 0. The van der Waals surface area contributed by atoms with Gasteiger partial charge in [0.25, 0.3) is 0 Å². The van der Waals surface area contributed by atoms with Crippen LogP contribution in [0.25, 0.3) is 0 Å². The third kappa shape index (κ3) is 13.3. The summed E-state index contributed by atoms with van der Waals surface area (Å²) in [4.78, 5) is 29.9. The van der Waals surface area contributed by atoms with Crippen molar-refractivity contribution in [2.45, 2.75) is 127 Å². The molecule has 0 saturated carbocycles. The summed E-state index contributed by atoms with van der Waals surface area (Å²) < 4.78 is 10.9. The molecule has 0 bridgehead atoms. The molecule has 3 rings (SSSR count). The zero-order valence-corrected chi connectivity index (χ0v) is 28.6. The van der Waals surface area contributed by atoms with E-state index >= 15 is 0 Å². The maximum atomic E-state index is 12.6. The number of carbonyl (C=O) groups excluding carboxylic acids is 2. The van der Waals surface area contributed by atoms with Crippen LogP contribution < -0.4 is 0 Å². The lowest BCUT2D eigenvalue weighted by atomic mass is 9.80. The minimum absolute atomic E-state index is 0.0959. The van der Waals surface area contributed by atoms with Gasteiger partial charge >= 0.3 is 11.9 Å². The smallest absolute Gasteiger partial charge is 0.339 e. The molecule has 0 spiro atoms. The van der Waals surface area contributed by atoms with Crippen molar-refractivity contribution in [3.05, 3.63) is 83.2 Å². The van der Waals surface area contributed by atoms with E-state index in [9.17, 15) is 9.59 Å². The number of hydrogen-bond acceptors (Lipinski definition) is 6. The molecule has 45 heavy (non-hydrogen) atoms. The molecule has 2 heterocycles. The van der Waals surface area contributed by atoms with Crippen LogP contribution in [0.5, 0.6) is 0 Å². The average molecular weight is 630 g/mol. The van der Waals surface area contributed by atoms with Gasteiger partial charge in [0.15, 0.2) is 5.44 Å². The van der Waals surface area contributed by atoms with Gasteiger partial charge in [-0.3, -0.25) is 4.79 Å². The van der Waals surface area contributed by atoms with E-state index in [0.29, 0.717) is 24.3 Å². The quantitative estimate of drug-likeness (QED) is 0.0751. The lowest BCUT2D eigenvalue weighted by Crippen LogP contribution is -2.31. The number of unbranched alkanes of at least 4 members (excludes halogenated alkanes) is 8. The van der Waals surface area contributed by atoms with E-state index in [0.717, 1.165) is 49.0 Å². The molecule has 0 fully saturated rings. The fourth-order valence-corrected chi connectivity index (χ4v) is 6.79. The van der Waals surface area contributed by atoms with Crippen molar-refractivity contribution in [3.8, 4) is 11.8 Å². The molecular formula is C39H51NO4S. The summed E-state index contributed by atoms with van der Waals surface area (Å²) in [6.45, 7) is 8.73. The van der Waals surface area contributed by atoms with Crippen molar-refractivity contribution in [1.29, 1.82) is 0 Å². The Bertz CT molecular complexity index is 1330. The summed E-state index contributed by atoms with van der Waals surface area (Å²) >= 11 is 1.62. The number of carbonyl (C=O) groups is 2. The van der Waals surface area contributed by atoms with Crippen molar-refractivity contribution in [2.24, 2.45) is 0 Å². The van der Waals surface area contributed by atoms with Crippen molar-refractivity contribution in [2.75, 3.05) is 6.61 Å². The van der Waals surface area contributed by atoms with Crippen LogP contribution in [0.3, 0.4) is 0 Å². The molecule has 0 amide bonds. The predicted molar refractivity (Wildman–Crippen MR) is 185 cm³/mol. The van der Waals surface area contributed by atoms with Crippen LogP contribution in [0.1, 0.15) is 138 Å². The average Bonchev–Trinajstić information content (AvgIpc) is 3.02.